The van der Waals surface area contributed by atoms with Crippen molar-refractivity contribution in [1.29, 1.82) is 0 Å². The number of hydrogen-bond acceptors (Lipinski definition) is 2. The number of benzene rings is 13. The molecule has 15 rings (SSSR count). The molecule has 3 heteroatoms. The van der Waals surface area contributed by atoms with Gasteiger partial charge in [-0.05, 0) is 156 Å². The van der Waals surface area contributed by atoms with Gasteiger partial charge in [-0.3, -0.25) is 0 Å². The van der Waals surface area contributed by atoms with Gasteiger partial charge in [0.15, 0.2) is 0 Å². The van der Waals surface area contributed by atoms with Crippen molar-refractivity contribution in [2.24, 2.45) is 0 Å². The van der Waals surface area contributed by atoms with Crippen molar-refractivity contribution in [3.05, 3.63) is 279 Å². The minimum absolute atomic E-state index is 0.890. The quantitative estimate of drug-likeness (QED) is 0.142. The van der Waals surface area contributed by atoms with Gasteiger partial charge in [-0.15, -0.1) is 0 Å². The summed E-state index contributed by atoms with van der Waals surface area (Å²) in [5.41, 5.74) is 17.9. The molecule has 0 radical (unpaired) electrons. The summed E-state index contributed by atoms with van der Waals surface area (Å²) in [6.07, 6.45) is 0. The fourth-order valence-electron chi connectivity index (χ4n) is 11.6. The Balaban J connectivity index is 0.792. The van der Waals surface area contributed by atoms with Crippen LogP contribution in [-0.4, -0.2) is 4.57 Å². The summed E-state index contributed by atoms with van der Waals surface area (Å²) in [6.45, 7) is 0. The van der Waals surface area contributed by atoms with E-state index in [1.165, 1.54) is 65.4 Å². The number of rotatable bonds is 8. The minimum Gasteiger partial charge on any atom is -0.455 e. The van der Waals surface area contributed by atoms with Crippen LogP contribution in [0.3, 0.4) is 0 Å². The van der Waals surface area contributed by atoms with Crippen molar-refractivity contribution in [2.45, 2.75) is 0 Å². The van der Waals surface area contributed by atoms with Gasteiger partial charge in [-0.25, -0.2) is 0 Å². The molecule has 3 nitrogen and oxygen atoms in total. The number of furan rings is 1. The standard InChI is InChI=1S/C72H46N2O/c1-3-17-62-51(11-1)27-28-53-29-30-56(45-67(53)62)49-25-23-47(24-26-49)48-31-37-58(38-32-48)73(60-15-10-14-55(44-60)57-36-42-71-68(46-57)66-41-35-52-12-2-4-18-63(52)72(66)75-71)59-39-33-50(34-40-59)54-13-9-16-61(43-54)74-69-21-7-5-19-64(69)65-20-6-8-22-70(65)74/h1-46H. The molecule has 0 unspecified atom stereocenters. The molecule has 350 valence electrons. The maximum Gasteiger partial charge on any atom is 0.143 e. The zero-order chi connectivity index (χ0) is 49.4. The van der Waals surface area contributed by atoms with Gasteiger partial charge in [-0.2, -0.15) is 0 Å². The van der Waals surface area contributed by atoms with E-state index in [-0.39, 0.29) is 0 Å². The summed E-state index contributed by atoms with van der Waals surface area (Å²) >= 11 is 0. The third-order valence-corrected chi connectivity index (χ3v) is 15.4. The van der Waals surface area contributed by atoms with Gasteiger partial charge >= 0.3 is 0 Å². The highest BCUT2D eigenvalue weighted by Gasteiger charge is 2.18. The summed E-state index contributed by atoms with van der Waals surface area (Å²) in [5, 5.41) is 12.1. The van der Waals surface area contributed by atoms with Crippen molar-refractivity contribution in [3.63, 3.8) is 0 Å². The van der Waals surface area contributed by atoms with E-state index in [4.69, 9.17) is 4.42 Å². The van der Waals surface area contributed by atoms with E-state index < -0.39 is 0 Å². The molecular weight excluding hydrogens is 909 g/mol. The monoisotopic (exact) mass is 954 g/mol. The summed E-state index contributed by atoms with van der Waals surface area (Å²) < 4.78 is 8.91. The Morgan fingerprint density at radius 3 is 1.39 bits per heavy atom. The molecule has 0 bridgehead atoms. The lowest BCUT2D eigenvalue weighted by atomic mass is 9.96. The molecular formula is C72H46N2O. The Bertz CT molecular complexity index is 4640. The Labute approximate surface area is 434 Å². The highest BCUT2D eigenvalue weighted by atomic mass is 16.3. The first-order chi connectivity index (χ1) is 37.1. The summed E-state index contributed by atoms with van der Waals surface area (Å²) in [5.74, 6) is 0. The van der Waals surface area contributed by atoms with Crippen LogP contribution in [0.5, 0.6) is 0 Å². The van der Waals surface area contributed by atoms with Gasteiger partial charge in [0.05, 0.1) is 11.0 Å². The molecule has 13 aromatic carbocycles. The molecule has 0 N–H and O–H groups in total. The van der Waals surface area contributed by atoms with Gasteiger partial charge in [-0.1, -0.05) is 194 Å². The van der Waals surface area contributed by atoms with Crippen LogP contribution in [-0.2, 0) is 0 Å². The average Bonchev–Trinajstić information content (AvgIpc) is 4.04. The summed E-state index contributed by atoms with van der Waals surface area (Å²) in [4.78, 5) is 2.37. The second-order valence-corrected chi connectivity index (χ2v) is 19.7. The fourth-order valence-corrected chi connectivity index (χ4v) is 11.6. The second-order valence-electron chi connectivity index (χ2n) is 19.7. The average molecular weight is 955 g/mol. The van der Waals surface area contributed by atoms with Crippen molar-refractivity contribution in [2.75, 3.05) is 4.90 Å². The number of para-hydroxylation sites is 2. The smallest absolute Gasteiger partial charge is 0.143 e. The van der Waals surface area contributed by atoms with Crippen LogP contribution in [0.4, 0.5) is 17.1 Å². The highest BCUT2D eigenvalue weighted by molar-refractivity contribution is 6.16. The molecule has 0 spiro atoms. The third kappa shape index (κ3) is 7.28. The Morgan fingerprint density at radius 2 is 0.707 bits per heavy atom. The lowest BCUT2D eigenvalue weighted by molar-refractivity contribution is 0.672. The van der Waals surface area contributed by atoms with E-state index in [0.717, 1.165) is 77.9 Å². The zero-order valence-electron chi connectivity index (χ0n) is 40.9. The third-order valence-electron chi connectivity index (χ3n) is 15.4. The predicted molar refractivity (Wildman–Crippen MR) is 317 cm³/mol. The molecule has 0 atom stereocenters. The molecule has 2 aromatic heterocycles. The minimum atomic E-state index is 0.890. The Hall–Kier alpha value is -9.96. The summed E-state index contributed by atoms with van der Waals surface area (Å²) in [6, 6.07) is 102. The van der Waals surface area contributed by atoms with Gasteiger partial charge in [0.1, 0.15) is 11.2 Å². The van der Waals surface area contributed by atoms with Crippen LogP contribution in [0.1, 0.15) is 0 Å². The van der Waals surface area contributed by atoms with Crippen molar-refractivity contribution < 1.29 is 4.42 Å². The second kappa shape index (κ2) is 17.4. The van der Waals surface area contributed by atoms with Gasteiger partial charge < -0.3 is 13.9 Å². The molecule has 0 saturated carbocycles. The first-order valence-electron chi connectivity index (χ1n) is 25.7. The van der Waals surface area contributed by atoms with E-state index in [1.54, 1.807) is 0 Å². The number of anilines is 3. The normalized spacial score (nSPS) is 11.7. The fraction of sp³-hybridized carbons (Fsp3) is 0. The number of fused-ring (bicyclic) bond motifs is 11. The number of nitrogens with zero attached hydrogens (tertiary/aromatic N) is 2. The van der Waals surface area contributed by atoms with Gasteiger partial charge in [0.2, 0.25) is 0 Å². The predicted octanol–water partition coefficient (Wildman–Crippen LogP) is 20.3. The molecule has 15 aromatic rings. The van der Waals surface area contributed by atoms with Crippen molar-refractivity contribution in [3.8, 4) is 50.2 Å². The van der Waals surface area contributed by atoms with Crippen molar-refractivity contribution >= 4 is 93.1 Å². The van der Waals surface area contributed by atoms with E-state index in [1.807, 2.05) is 0 Å². The molecule has 0 fully saturated rings. The molecule has 0 amide bonds. The molecule has 0 saturated heterocycles. The molecule has 0 aliphatic carbocycles. The number of hydrogen-bond donors (Lipinski definition) is 0. The van der Waals surface area contributed by atoms with Gasteiger partial charge in [0.25, 0.3) is 0 Å². The van der Waals surface area contributed by atoms with E-state index in [9.17, 15) is 0 Å². The lowest BCUT2D eigenvalue weighted by Gasteiger charge is -2.26. The molecule has 0 aliphatic heterocycles. The molecule has 2 heterocycles. The zero-order valence-corrected chi connectivity index (χ0v) is 40.9. The van der Waals surface area contributed by atoms with E-state index in [0.29, 0.717) is 0 Å². The van der Waals surface area contributed by atoms with Crippen LogP contribution >= 0.6 is 0 Å². The lowest BCUT2D eigenvalue weighted by Crippen LogP contribution is -2.10. The maximum absolute atomic E-state index is 6.52. The van der Waals surface area contributed by atoms with Crippen LogP contribution < -0.4 is 4.90 Å². The van der Waals surface area contributed by atoms with E-state index in [2.05, 4.69) is 289 Å². The largest absolute Gasteiger partial charge is 0.455 e. The van der Waals surface area contributed by atoms with Gasteiger partial charge in [0, 0.05) is 49.7 Å². The molecule has 0 aliphatic rings. The Morgan fingerprint density at radius 1 is 0.253 bits per heavy atom. The van der Waals surface area contributed by atoms with Crippen LogP contribution in [0.15, 0.2) is 283 Å². The highest BCUT2D eigenvalue weighted by Crippen LogP contribution is 2.42. The van der Waals surface area contributed by atoms with Crippen LogP contribution in [0, 0.1) is 0 Å². The van der Waals surface area contributed by atoms with Crippen LogP contribution in [0.2, 0.25) is 0 Å². The number of aromatic nitrogens is 1. The maximum atomic E-state index is 6.52. The SMILES string of the molecule is c1cc(-c2ccc3oc4c5ccccc5ccc4c3c2)cc(N(c2ccc(-c3ccc(-c4ccc5ccc6ccccc6c5c4)cc3)cc2)c2ccc(-c3cccc(-n4c5ccccc5c5ccccc54)c3)cc2)c1. The van der Waals surface area contributed by atoms with Crippen LogP contribution in [0.25, 0.3) is 126 Å². The first kappa shape index (κ1) is 42.7. The van der Waals surface area contributed by atoms with E-state index >= 15 is 0 Å². The van der Waals surface area contributed by atoms with Crippen molar-refractivity contribution in [1.82, 2.24) is 4.57 Å². The Kier molecular flexibility index (Phi) is 9.89. The summed E-state index contributed by atoms with van der Waals surface area (Å²) in [7, 11) is 0. The first-order valence-corrected chi connectivity index (χ1v) is 25.7. The molecule has 75 heavy (non-hydrogen) atoms. The topological polar surface area (TPSA) is 21.3 Å².